The lowest BCUT2D eigenvalue weighted by atomic mass is 10.2. The summed E-state index contributed by atoms with van der Waals surface area (Å²) in [5.41, 5.74) is 1.78. The molecular weight excluding hydrogens is 298 g/mol. The molecule has 0 saturated heterocycles. The molecule has 1 heterocycles. The molecule has 2 nitrogen and oxygen atoms in total. The van der Waals surface area contributed by atoms with Gasteiger partial charge in [0.2, 0.25) is 0 Å². The maximum atomic E-state index is 14.1. The summed E-state index contributed by atoms with van der Waals surface area (Å²) in [5, 5.41) is 0.161. The summed E-state index contributed by atoms with van der Waals surface area (Å²) in [5.74, 6) is 0.241. The maximum absolute atomic E-state index is 14.1. The smallest absolute Gasteiger partial charge is 0.147 e. The average Bonchev–Trinajstić information content (AvgIpc) is 2.80. The molecule has 0 aliphatic carbocycles. The number of halogens is 3. The van der Waals surface area contributed by atoms with Crippen LogP contribution in [0.3, 0.4) is 0 Å². The van der Waals surface area contributed by atoms with Gasteiger partial charge in [0, 0.05) is 0 Å². The quantitative estimate of drug-likeness (QED) is 0.601. The highest BCUT2D eigenvalue weighted by atomic mass is 35.5. The van der Waals surface area contributed by atoms with E-state index >= 15 is 0 Å². The minimum absolute atomic E-state index is 0.328. The lowest BCUT2D eigenvalue weighted by Crippen LogP contribution is -2.03. The van der Waals surface area contributed by atoms with Gasteiger partial charge in [-0.05, 0) is 31.2 Å². The van der Waals surface area contributed by atoms with Gasteiger partial charge in [0.25, 0.3) is 0 Å². The van der Waals surface area contributed by atoms with Crippen molar-refractivity contribution >= 4 is 34.2 Å². The number of hydrogen-bond acceptors (Lipinski definition) is 1. The normalized spacial score (nSPS) is 12.8. The third-order valence-corrected chi connectivity index (χ3v) is 3.61. The fourth-order valence-corrected chi connectivity index (χ4v) is 2.59. The average molecular weight is 309 g/mol. The second kappa shape index (κ2) is 5.08. The van der Waals surface area contributed by atoms with Crippen LogP contribution in [0.15, 0.2) is 42.5 Å². The number of nitrogens with zero attached hydrogens (tertiary/aromatic N) is 2. The van der Waals surface area contributed by atoms with Crippen LogP contribution < -0.4 is 0 Å². The molecule has 1 aromatic heterocycles. The van der Waals surface area contributed by atoms with Crippen molar-refractivity contribution in [1.82, 2.24) is 9.55 Å². The van der Waals surface area contributed by atoms with E-state index in [4.69, 9.17) is 23.2 Å². The SMILES string of the molecule is CC(Cl)c1nc2c(Cl)cccc2n1-c1ccccc1F. The van der Waals surface area contributed by atoms with Gasteiger partial charge in [0.15, 0.2) is 0 Å². The van der Waals surface area contributed by atoms with Crippen molar-refractivity contribution in [3.05, 3.63) is 59.1 Å². The van der Waals surface area contributed by atoms with Gasteiger partial charge in [0.1, 0.15) is 17.2 Å². The Morgan fingerprint density at radius 2 is 1.90 bits per heavy atom. The molecule has 0 radical (unpaired) electrons. The molecule has 0 bridgehead atoms. The summed E-state index contributed by atoms with van der Waals surface area (Å²) < 4.78 is 15.8. The van der Waals surface area contributed by atoms with Crippen molar-refractivity contribution in [2.24, 2.45) is 0 Å². The van der Waals surface area contributed by atoms with Crippen LogP contribution in [0, 0.1) is 5.82 Å². The minimum atomic E-state index is -0.363. The number of benzene rings is 2. The van der Waals surface area contributed by atoms with Crippen molar-refractivity contribution < 1.29 is 4.39 Å². The van der Waals surface area contributed by atoms with E-state index in [-0.39, 0.29) is 11.2 Å². The molecule has 0 N–H and O–H groups in total. The first-order valence-corrected chi connectivity index (χ1v) is 6.97. The summed E-state index contributed by atoms with van der Waals surface area (Å²) in [7, 11) is 0. The predicted molar refractivity (Wildman–Crippen MR) is 80.3 cm³/mol. The highest BCUT2D eigenvalue weighted by molar-refractivity contribution is 6.35. The maximum Gasteiger partial charge on any atom is 0.147 e. The van der Waals surface area contributed by atoms with Crippen LogP contribution in [0.1, 0.15) is 18.1 Å². The van der Waals surface area contributed by atoms with Gasteiger partial charge in [-0.3, -0.25) is 4.57 Å². The monoisotopic (exact) mass is 308 g/mol. The summed E-state index contributed by atoms with van der Waals surface area (Å²) in [6.45, 7) is 1.80. The van der Waals surface area contributed by atoms with E-state index in [9.17, 15) is 4.39 Å². The standard InChI is InChI=1S/C15H11Cl2FN2/c1-9(16)15-19-14-10(17)5-4-8-13(14)20(15)12-7-3-2-6-11(12)18/h2-9H,1H3. The summed E-state index contributed by atoms with van der Waals surface area (Å²) >= 11 is 12.3. The van der Waals surface area contributed by atoms with Crippen LogP contribution in [0.4, 0.5) is 4.39 Å². The van der Waals surface area contributed by atoms with Crippen LogP contribution in [-0.2, 0) is 0 Å². The number of rotatable bonds is 2. The van der Waals surface area contributed by atoms with Crippen molar-refractivity contribution in [2.75, 3.05) is 0 Å². The Hall–Kier alpha value is -1.58. The Morgan fingerprint density at radius 3 is 2.60 bits per heavy atom. The molecule has 2 aromatic carbocycles. The zero-order valence-corrected chi connectivity index (χ0v) is 12.2. The molecule has 0 saturated carbocycles. The molecule has 0 fully saturated rings. The first-order valence-electron chi connectivity index (χ1n) is 6.15. The molecule has 5 heteroatoms. The Balaban J connectivity index is 2.42. The summed E-state index contributed by atoms with van der Waals surface area (Å²) in [4.78, 5) is 4.46. The Labute approximate surface area is 125 Å². The topological polar surface area (TPSA) is 17.8 Å². The number of imidazole rings is 1. The highest BCUT2D eigenvalue weighted by Gasteiger charge is 2.19. The first kappa shape index (κ1) is 13.4. The van der Waals surface area contributed by atoms with E-state index in [0.29, 0.717) is 22.1 Å². The van der Waals surface area contributed by atoms with Gasteiger partial charge in [-0.15, -0.1) is 11.6 Å². The van der Waals surface area contributed by atoms with Gasteiger partial charge in [-0.1, -0.05) is 29.8 Å². The van der Waals surface area contributed by atoms with Gasteiger partial charge in [-0.25, -0.2) is 9.37 Å². The number of aromatic nitrogens is 2. The summed E-state index contributed by atoms with van der Waals surface area (Å²) in [6.07, 6.45) is 0. The van der Waals surface area contributed by atoms with Crippen LogP contribution in [-0.4, -0.2) is 9.55 Å². The number of hydrogen-bond donors (Lipinski definition) is 0. The molecular formula is C15H11Cl2FN2. The molecule has 3 aromatic rings. The lowest BCUT2D eigenvalue weighted by molar-refractivity contribution is 0.616. The number of para-hydroxylation sites is 2. The van der Waals surface area contributed by atoms with Crippen LogP contribution >= 0.6 is 23.2 Å². The second-order valence-electron chi connectivity index (χ2n) is 4.48. The van der Waals surface area contributed by atoms with E-state index in [1.165, 1.54) is 6.07 Å². The molecule has 1 atom stereocenters. The largest absolute Gasteiger partial charge is 0.292 e. The van der Waals surface area contributed by atoms with E-state index in [1.807, 2.05) is 12.1 Å². The molecule has 3 rings (SSSR count). The second-order valence-corrected chi connectivity index (χ2v) is 5.54. The van der Waals surface area contributed by atoms with E-state index < -0.39 is 0 Å². The van der Waals surface area contributed by atoms with Crippen LogP contribution in [0.2, 0.25) is 5.02 Å². The van der Waals surface area contributed by atoms with Gasteiger partial charge >= 0.3 is 0 Å². The molecule has 0 amide bonds. The molecule has 0 spiro atoms. The fraction of sp³-hybridized carbons (Fsp3) is 0.133. The van der Waals surface area contributed by atoms with E-state index in [0.717, 1.165) is 5.52 Å². The Morgan fingerprint density at radius 1 is 1.15 bits per heavy atom. The Bertz CT molecular complexity index is 781. The van der Waals surface area contributed by atoms with E-state index in [1.54, 1.807) is 35.8 Å². The van der Waals surface area contributed by atoms with Crippen LogP contribution in [0.5, 0.6) is 0 Å². The van der Waals surface area contributed by atoms with Crippen molar-refractivity contribution in [2.45, 2.75) is 12.3 Å². The van der Waals surface area contributed by atoms with Crippen molar-refractivity contribution in [3.63, 3.8) is 0 Å². The predicted octanol–water partition coefficient (Wildman–Crippen LogP) is 5.12. The number of fused-ring (bicyclic) bond motifs is 1. The third kappa shape index (κ3) is 2.07. The van der Waals surface area contributed by atoms with Gasteiger partial charge in [-0.2, -0.15) is 0 Å². The van der Waals surface area contributed by atoms with Crippen molar-refractivity contribution in [1.29, 1.82) is 0 Å². The highest BCUT2D eigenvalue weighted by Crippen LogP contribution is 2.32. The molecule has 0 aliphatic heterocycles. The lowest BCUT2D eigenvalue weighted by Gasteiger charge is -2.11. The van der Waals surface area contributed by atoms with Gasteiger partial charge < -0.3 is 0 Å². The van der Waals surface area contributed by atoms with E-state index in [2.05, 4.69) is 4.98 Å². The van der Waals surface area contributed by atoms with Crippen LogP contribution in [0.25, 0.3) is 16.7 Å². The zero-order chi connectivity index (χ0) is 14.3. The fourth-order valence-electron chi connectivity index (χ4n) is 2.24. The molecule has 102 valence electrons. The Kier molecular flexibility index (Phi) is 3.40. The molecule has 20 heavy (non-hydrogen) atoms. The minimum Gasteiger partial charge on any atom is -0.292 e. The third-order valence-electron chi connectivity index (χ3n) is 3.11. The zero-order valence-electron chi connectivity index (χ0n) is 10.6. The van der Waals surface area contributed by atoms with Crippen molar-refractivity contribution in [3.8, 4) is 5.69 Å². The van der Waals surface area contributed by atoms with Gasteiger partial charge in [0.05, 0.1) is 21.6 Å². The summed E-state index contributed by atoms with van der Waals surface area (Å²) in [6, 6.07) is 11.9. The molecule has 1 unspecified atom stereocenters. The first-order chi connectivity index (χ1) is 9.59. The number of alkyl halides is 1. The molecule has 0 aliphatic rings.